The van der Waals surface area contributed by atoms with E-state index >= 15 is 0 Å². The quantitative estimate of drug-likeness (QED) is 0.679. The van der Waals surface area contributed by atoms with Gasteiger partial charge in [0.2, 0.25) is 0 Å². The number of nitrogens with zero attached hydrogens (tertiary/aromatic N) is 2. The third-order valence-corrected chi connectivity index (χ3v) is 4.30. The minimum Gasteiger partial charge on any atom is -0.392 e. The van der Waals surface area contributed by atoms with Crippen LogP contribution in [0.5, 0.6) is 0 Å². The number of hydrogen-bond acceptors (Lipinski definition) is 3. The Labute approximate surface area is 153 Å². The molecular weight excluding hydrogens is 334 g/mol. The summed E-state index contributed by atoms with van der Waals surface area (Å²) < 4.78 is 1.92. The van der Waals surface area contributed by atoms with Gasteiger partial charge in [-0.1, -0.05) is 60.1 Å². The zero-order chi connectivity index (χ0) is 17.6. The van der Waals surface area contributed by atoms with Gasteiger partial charge in [-0.05, 0) is 18.6 Å². The molecule has 2 N–H and O–H groups in total. The average molecular weight is 356 g/mol. The maximum absolute atomic E-state index is 9.45. The molecule has 0 saturated heterocycles. The Morgan fingerprint density at radius 2 is 1.80 bits per heavy atom. The lowest BCUT2D eigenvalue weighted by Crippen LogP contribution is -2.23. The number of aliphatic hydroxyl groups excluding tert-OH is 1. The van der Waals surface area contributed by atoms with Crippen molar-refractivity contribution in [2.75, 3.05) is 6.54 Å². The van der Waals surface area contributed by atoms with E-state index < -0.39 is 0 Å². The van der Waals surface area contributed by atoms with Crippen molar-refractivity contribution >= 4 is 11.6 Å². The SMILES string of the molecule is CC(O)CNCc1cn(Cc2ccccc2Cl)nc1-c1ccccc1. The molecule has 3 rings (SSSR count). The third-order valence-electron chi connectivity index (χ3n) is 3.93. The number of rotatable bonds is 7. The van der Waals surface area contributed by atoms with E-state index in [0.717, 1.165) is 27.4 Å². The summed E-state index contributed by atoms with van der Waals surface area (Å²) in [7, 11) is 0. The number of aromatic nitrogens is 2. The molecule has 130 valence electrons. The zero-order valence-corrected chi connectivity index (χ0v) is 14.9. The van der Waals surface area contributed by atoms with E-state index in [1.807, 2.05) is 53.3 Å². The maximum Gasteiger partial charge on any atom is 0.0968 e. The highest BCUT2D eigenvalue weighted by Gasteiger charge is 2.12. The zero-order valence-electron chi connectivity index (χ0n) is 14.2. The van der Waals surface area contributed by atoms with Crippen molar-refractivity contribution in [3.8, 4) is 11.3 Å². The molecular formula is C20H22ClN3O. The first-order valence-electron chi connectivity index (χ1n) is 8.37. The molecule has 1 unspecified atom stereocenters. The summed E-state index contributed by atoms with van der Waals surface area (Å²) in [6, 6.07) is 17.9. The van der Waals surface area contributed by atoms with Crippen molar-refractivity contribution in [3.63, 3.8) is 0 Å². The lowest BCUT2D eigenvalue weighted by Gasteiger charge is -2.06. The summed E-state index contributed by atoms with van der Waals surface area (Å²) in [5.74, 6) is 0. The van der Waals surface area contributed by atoms with E-state index in [1.165, 1.54) is 0 Å². The van der Waals surface area contributed by atoms with E-state index in [2.05, 4.69) is 17.4 Å². The van der Waals surface area contributed by atoms with E-state index in [9.17, 15) is 5.11 Å². The third kappa shape index (κ3) is 4.69. The van der Waals surface area contributed by atoms with Crippen LogP contribution >= 0.6 is 11.6 Å². The molecule has 0 spiro atoms. The summed E-state index contributed by atoms with van der Waals surface area (Å²) in [6.45, 7) is 3.59. The molecule has 1 heterocycles. The van der Waals surface area contributed by atoms with Gasteiger partial charge in [0.05, 0.1) is 18.3 Å². The number of halogens is 1. The van der Waals surface area contributed by atoms with Crippen LogP contribution in [-0.4, -0.2) is 27.5 Å². The summed E-state index contributed by atoms with van der Waals surface area (Å²) in [5.41, 5.74) is 4.16. The van der Waals surface area contributed by atoms with Gasteiger partial charge in [-0.25, -0.2) is 0 Å². The molecule has 0 radical (unpaired) electrons. The van der Waals surface area contributed by atoms with Crippen LogP contribution in [0.4, 0.5) is 0 Å². The molecule has 1 aromatic heterocycles. The van der Waals surface area contributed by atoms with Crippen molar-refractivity contribution in [1.82, 2.24) is 15.1 Å². The van der Waals surface area contributed by atoms with Crippen LogP contribution in [0.2, 0.25) is 5.02 Å². The van der Waals surface area contributed by atoms with Gasteiger partial charge < -0.3 is 10.4 Å². The van der Waals surface area contributed by atoms with Gasteiger partial charge in [0.1, 0.15) is 0 Å². The molecule has 25 heavy (non-hydrogen) atoms. The predicted molar refractivity (Wildman–Crippen MR) is 102 cm³/mol. The first-order chi connectivity index (χ1) is 12.1. The summed E-state index contributed by atoms with van der Waals surface area (Å²) in [5, 5.41) is 18.2. The van der Waals surface area contributed by atoms with Gasteiger partial charge >= 0.3 is 0 Å². The second-order valence-corrected chi connectivity index (χ2v) is 6.55. The number of benzene rings is 2. The van der Waals surface area contributed by atoms with Gasteiger partial charge in [0.15, 0.2) is 0 Å². The standard InChI is InChI=1S/C20H22ClN3O/c1-15(25)11-22-12-18-14-24(13-17-9-5-6-10-19(17)21)23-20(18)16-7-3-2-4-8-16/h2-10,14-15,22,25H,11-13H2,1H3. The molecule has 4 nitrogen and oxygen atoms in total. The van der Waals surface area contributed by atoms with Crippen molar-refractivity contribution in [1.29, 1.82) is 0 Å². The second-order valence-electron chi connectivity index (χ2n) is 6.14. The van der Waals surface area contributed by atoms with Crippen LogP contribution in [0.3, 0.4) is 0 Å². The first-order valence-corrected chi connectivity index (χ1v) is 8.75. The van der Waals surface area contributed by atoms with Crippen LogP contribution in [0.15, 0.2) is 60.8 Å². The van der Waals surface area contributed by atoms with Crippen molar-refractivity contribution in [3.05, 3.63) is 76.9 Å². The van der Waals surface area contributed by atoms with Crippen LogP contribution in [0, 0.1) is 0 Å². The Bertz CT molecular complexity index is 815. The largest absolute Gasteiger partial charge is 0.392 e. The van der Waals surface area contributed by atoms with Crippen molar-refractivity contribution < 1.29 is 5.11 Å². The molecule has 0 bridgehead atoms. The van der Waals surface area contributed by atoms with E-state index in [1.54, 1.807) is 6.92 Å². The first kappa shape index (κ1) is 17.7. The van der Waals surface area contributed by atoms with E-state index in [4.69, 9.17) is 16.7 Å². The van der Waals surface area contributed by atoms with Crippen LogP contribution in [0.1, 0.15) is 18.1 Å². The van der Waals surface area contributed by atoms with E-state index in [0.29, 0.717) is 19.6 Å². The molecule has 0 saturated carbocycles. The molecule has 5 heteroatoms. The molecule has 2 aromatic carbocycles. The molecule has 0 aliphatic rings. The van der Waals surface area contributed by atoms with Gasteiger partial charge in [0.25, 0.3) is 0 Å². The van der Waals surface area contributed by atoms with Crippen molar-refractivity contribution in [2.24, 2.45) is 0 Å². The Hall–Kier alpha value is -2.14. The molecule has 1 atom stereocenters. The van der Waals surface area contributed by atoms with Crippen molar-refractivity contribution in [2.45, 2.75) is 26.1 Å². The second kappa shape index (κ2) is 8.30. The Morgan fingerprint density at radius 3 is 2.52 bits per heavy atom. The van der Waals surface area contributed by atoms with Gasteiger partial charge in [0, 0.05) is 35.4 Å². The van der Waals surface area contributed by atoms with Gasteiger partial charge in [-0.3, -0.25) is 4.68 Å². The topological polar surface area (TPSA) is 50.1 Å². The fourth-order valence-electron chi connectivity index (χ4n) is 2.73. The van der Waals surface area contributed by atoms with Crippen LogP contribution in [0.25, 0.3) is 11.3 Å². The predicted octanol–water partition coefficient (Wildman–Crippen LogP) is 3.72. The lowest BCUT2D eigenvalue weighted by atomic mass is 10.1. The monoisotopic (exact) mass is 355 g/mol. The number of hydrogen-bond donors (Lipinski definition) is 2. The highest BCUT2D eigenvalue weighted by Crippen LogP contribution is 2.23. The highest BCUT2D eigenvalue weighted by molar-refractivity contribution is 6.31. The average Bonchev–Trinajstić information content (AvgIpc) is 3.00. The molecule has 0 fully saturated rings. The fourth-order valence-corrected chi connectivity index (χ4v) is 2.92. The Kier molecular flexibility index (Phi) is 5.87. The normalized spacial score (nSPS) is 12.3. The van der Waals surface area contributed by atoms with Gasteiger partial charge in [-0.15, -0.1) is 0 Å². The molecule has 3 aromatic rings. The minimum atomic E-state index is -0.377. The minimum absolute atomic E-state index is 0.377. The Morgan fingerprint density at radius 1 is 1.08 bits per heavy atom. The van der Waals surface area contributed by atoms with Gasteiger partial charge in [-0.2, -0.15) is 5.10 Å². The van der Waals surface area contributed by atoms with Crippen LogP contribution in [-0.2, 0) is 13.1 Å². The molecule has 0 amide bonds. The summed E-state index contributed by atoms with van der Waals surface area (Å²) in [4.78, 5) is 0. The Balaban J connectivity index is 1.87. The fraction of sp³-hybridized carbons (Fsp3) is 0.250. The summed E-state index contributed by atoms with van der Waals surface area (Å²) in [6.07, 6.45) is 1.67. The lowest BCUT2D eigenvalue weighted by molar-refractivity contribution is 0.191. The molecule has 0 aliphatic carbocycles. The van der Waals surface area contributed by atoms with E-state index in [-0.39, 0.29) is 6.10 Å². The highest BCUT2D eigenvalue weighted by atomic mass is 35.5. The number of aliphatic hydroxyl groups is 1. The smallest absolute Gasteiger partial charge is 0.0968 e. The maximum atomic E-state index is 9.45. The molecule has 0 aliphatic heterocycles. The number of nitrogens with one attached hydrogen (secondary N) is 1. The van der Waals surface area contributed by atoms with Crippen LogP contribution < -0.4 is 5.32 Å². The summed E-state index contributed by atoms with van der Waals surface area (Å²) >= 11 is 6.27.